The van der Waals surface area contributed by atoms with Crippen molar-refractivity contribution in [1.82, 2.24) is 9.80 Å². The van der Waals surface area contributed by atoms with E-state index in [1.807, 2.05) is 12.1 Å². The van der Waals surface area contributed by atoms with Crippen LogP contribution in [0.4, 0.5) is 0 Å². The first-order chi connectivity index (χ1) is 26.0. The van der Waals surface area contributed by atoms with Crippen LogP contribution in [0.5, 0.6) is 0 Å². The molecule has 5 aliphatic rings. The normalized spacial score (nSPS) is 35.3. The minimum atomic E-state index is -1.15. The van der Waals surface area contributed by atoms with Crippen LogP contribution in [0.15, 0.2) is 35.4 Å². The molecule has 0 amide bonds. The van der Waals surface area contributed by atoms with Gasteiger partial charge in [0.1, 0.15) is 6.10 Å². The van der Waals surface area contributed by atoms with Gasteiger partial charge in [0.05, 0.1) is 11.8 Å². The smallest absolute Gasteiger partial charge is 0.309 e. The summed E-state index contributed by atoms with van der Waals surface area (Å²) in [6.45, 7) is 23.7. The molecule has 4 fully saturated rings. The second-order valence-electron chi connectivity index (χ2n) is 21.7. The average molecular weight is 794 g/mol. The molecule has 7 nitrogen and oxygen atoms in total. The number of nitrogens with zero attached hydrogens (tertiary/aromatic N) is 2. The first-order valence-corrected chi connectivity index (χ1v) is 22.2. The topological polar surface area (TPSA) is 87.2 Å². The molecule has 312 valence electrons. The summed E-state index contributed by atoms with van der Waals surface area (Å²) in [5.74, 6) is 0.702. The highest BCUT2D eigenvalue weighted by Gasteiger charge is 2.69. The van der Waals surface area contributed by atoms with Crippen LogP contribution in [0.2, 0.25) is 5.02 Å². The van der Waals surface area contributed by atoms with Gasteiger partial charge in [0, 0.05) is 41.9 Å². The molecule has 0 spiro atoms. The van der Waals surface area contributed by atoms with Crippen molar-refractivity contribution >= 4 is 29.3 Å². The lowest BCUT2D eigenvalue weighted by Crippen LogP contribution is -2.64. The number of carbonyl (C=O) groups is 3. The van der Waals surface area contributed by atoms with Gasteiger partial charge < -0.3 is 14.7 Å². The monoisotopic (exact) mass is 793 g/mol. The molecule has 0 heterocycles. The highest BCUT2D eigenvalue weighted by Crippen LogP contribution is 2.76. The molecular formula is C48H73ClN2O5. The van der Waals surface area contributed by atoms with E-state index in [4.69, 9.17) is 16.3 Å². The van der Waals surface area contributed by atoms with Gasteiger partial charge in [-0.2, -0.15) is 0 Å². The number of esters is 1. The number of hydrogen-bond donors (Lipinski definition) is 1. The summed E-state index contributed by atoms with van der Waals surface area (Å²) < 4.78 is 6.21. The van der Waals surface area contributed by atoms with Crippen molar-refractivity contribution in [1.29, 1.82) is 0 Å². The van der Waals surface area contributed by atoms with Crippen LogP contribution >= 0.6 is 11.6 Å². The van der Waals surface area contributed by atoms with Crippen molar-refractivity contribution in [2.45, 2.75) is 146 Å². The third-order valence-electron chi connectivity index (χ3n) is 16.8. The Morgan fingerprint density at radius 3 is 2.16 bits per heavy atom. The SMILES string of the molecule is CC(C)C1=C2C(CCN(CCN(C)C)Cc3ccccc3Cl)(CCC3C2(C)CCC2C3(C)CCC3C(C)(C)C(OC(=O)CC(C)(C)C(=O)O)CCC32C)CC1=O. The molecule has 6 rings (SSSR count). The van der Waals surface area contributed by atoms with Crippen LogP contribution in [0.3, 0.4) is 0 Å². The molecule has 8 heteroatoms. The standard InChI is InChI=1S/C48H73ClN2O5/c1-31(2)40-34(52)28-48(24-25-51(27-26-50(10)11)30-32-14-12-13-15-33(32)49)23-18-37-46(8)20-16-35-44(5,6)38(56-39(53)29-43(3,4)42(54)55)19-22-45(35,7)36(46)17-21-47(37,9)41(40)48/h12-15,31,35-38H,16-30H2,1-11H3,(H,54,55). The third kappa shape index (κ3) is 7.46. The van der Waals surface area contributed by atoms with Crippen LogP contribution < -0.4 is 0 Å². The number of carboxylic acids is 1. The van der Waals surface area contributed by atoms with Crippen LogP contribution in [0, 0.1) is 56.2 Å². The maximum atomic E-state index is 14.3. The fourth-order valence-electron chi connectivity index (χ4n) is 14.0. The number of ketones is 1. The van der Waals surface area contributed by atoms with E-state index in [-0.39, 0.29) is 45.5 Å². The minimum Gasteiger partial charge on any atom is -0.481 e. The number of benzene rings is 1. The molecule has 1 aromatic carbocycles. The molecule has 1 aromatic rings. The second-order valence-corrected chi connectivity index (χ2v) is 22.1. The fourth-order valence-corrected chi connectivity index (χ4v) is 14.2. The zero-order chi connectivity index (χ0) is 41.2. The molecule has 0 aromatic heterocycles. The number of rotatable bonds is 13. The number of hydrogen-bond acceptors (Lipinski definition) is 6. The summed E-state index contributed by atoms with van der Waals surface area (Å²) in [5, 5.41) is 10.5. The van der Waals surface area contributed by atoms with Crippen LogP contribution in [0.1, 0.15) is 139 Å². The second kappa shape index (κ2) is 15.4. The van der Waals surface area contributed by atoms with Crippen molar-refractivity contribution in [3.05, 3.63) is 46.0 Å². The van der Waals surface area contributed by atoms with Gasteiger partial charge in [-0.05, 0) is 149 Å². The number of aliphatic carboxylic acids is 1. The Morgan fingerprint density at radius 2 is 1.52 bits per heavy atom. The molecule has 0 aliphatic heterocycles. The number of fused-ring (bicyclic) bond motifs is 7. The first-order valence-electron chi connectivity index (χ1n) is 21.8. The summed E-state index contributed by atoms with van der Waals surface area (Å²) in [7, 11) is 4.27. The van der Waals surface area contributed by atoms with E-state index in [1.54, 1.807) is 19.4 Å². The van der Waals surface area contributed by atoms with Crippen LogP contribution in [-0.4, -0.2) is 72.5 Å². The molecule has 4 saturated carbocycles. The van der Waals surface area contributed by atoms with Gasteiger partial charge in [0.2, 0.25) is 0 Å². The van der Waals surface area contributed by atoms with Crippen LogP contribution in [0.25, 0.3) is 0 Å². The predicted octanol–water partition coefficient (Wildman–Crippen LogP) is 10.5. The Labute approximate surface area is 343 Å². The molecule has 8 unspecified atom stereocenters. The minimum absolute atomic E-state index is 0.0190. The van der Waals surface area contributed by atoms with E-state index >= 15 is 0 Å². The first kappa shape index (κ1) is 43.4. The third-order valence-corrected chi connectivity index (χ3v) is 17.1. The van der Waals surface area contributed by atoms with Gasteiger partial charge in [0.15, 0.2) is 5.78 Å². The van der Waals surface area contributed by atoms with Crippen molar-refractivity contribution in [2.24, 2.45) is 56.2 Å². The van der Waals surface area contributed by atoms with Crippen molar-refractivity contribution in [3.63, 3.8) is 0 Å². The van der Waals surface area contributed by atoms with E-state index in [0.29, 0.717) is 30.0 Å². The molecule has 0 saturated heterocycles. The lowest BCUT2D eigenvalue weighted by molar-refractivity contribution is -0.222. The Hall–Kier alpha value is -2.22. The van der Waals surface area contributed by atoms with Gasteiger partial charge in [-0.3, -0.25) is 19.3 Å². The van der Waals surface area contributed by atoms with Gasteiger partial charge >= 0.3 is 11.9 Å². The molecule has 5 aliphatic carbocycles. The van der Waals surface area contributed by atoms with Crippen LogP contribution in [-0.2, 0) is 25.7 Å². The highest BCUT2D eigenvalue weighted by atomic mass is 35.5. The number of likely N-dealkylation sites (N-methyl/N-ethyl adjacent to an activating group) is 1. The molecule has 1 N–H and O–H groups in total. The summed E-state index contributed by atoms with van der Waals surface area (Å²) in [6.07, 6.45) is 9.92. The Morgan fingerprint density at radius 1 is 0.893 bits per heavy atom. The van der Waals surface area contributed by atoms with Gasteiger partial charge in [-0.25, -0.2) is 0 Å². The van der Waals surface area contributed by atoms with E-state index in [0.717, 1.165) is 100 Å². The van der Waals surface area contributed by atoms with Gasteiger partial charge in [-0.15, -0.1) is 0 Å². The number of ether oxygens (including phenoxy) is 1. The van der Waals surface area contributed by atoms with E-state index in [9.17, 15) is 19.5 Å². The van der Waals surface area contributed by atoms with Crippen molar-refractivity contribution in [3.8, 4) is 0 Å². The highest BCUT2D eigenvalue weighted by molar-refractivity contribution is 6.31. The molecule has 8 atom stereocenters. The van der Waals surface area contributed by atoms with Crippen molar-refractivity contribution in [2.75, 3.05) is 33.7 Å². The fraction of sp³-hybridized carbons (Fsp3) is 0.771. The number of Topliss-reactive ketones (excluding diaryl/α,β-unsaturated/α-hetero) is 1. The number of halogens is 1. The maximum absolute atomic E-state index is 14.3. The number of carboxylic acid groups (broad SMARTS) is 1. The quantitative estimate of drug-likeness (QED) is 0.199. The Balaban J connectivity index is 1.27. The van der Waals surface area contributed by atoms with Gasteiger partial charge in [-0.1, -0.05) is 83.8 Å². The van der Waals surface area contributed by atoms with Crippen molar-refractivity contribution < 1.29 is 24.2 Å². The summed E-state index contributed by atoms with van der Waals surface area (Å²) in [4.78, 5) is 44.1. The molecular weight excluding hydrogens is 720 g/mol. The molecule has 0 radical (unpaired) electrons. The Bertz CT molecular complexity index is 1720. The largest absolute Gasteiger partial charge is 0.481 e. The predicted molar refractivity (Wildman–Crippen MR) is 225 cm³/mol. The summed E-state index contributed by atoms with van der Waals surface area (Å²) in [5.41, 5.74) is 2.64. The molecule has 0 bridgehead atoms. The average Bonchev–Trinajstić information content (AvgIpc) is 3.41. The lowest BCUT2D eigenvalue weighted by atomic mass is 9.34. The lowest BCUT2D eigenvalue weighted by Gasteiger charge is -2.71. The molecule has 56 heavy (non-hydrogen) atoms. The summed E-state index contributed by atoms with van der Waals surface area (Å²) >= 11 is 6.70. The summed E-state index contributed by atoms with van der Waals surface area (Å²) in [6, 6.07) is 8.22. The van der Waals surface area contributed by atoms with E-state index < -0.39 is 17.4 Å². The maximum Gasteiger partial charge on any atom is 0.309 e. The van der Waals surface area contributed by atoms with E-state index in [1.165, 1.54) is 0 Å². The zero-order valence-electron chi connectivity index (χ0n) is 36.7. The van der Waals surface area contributed by atoms with Gasteiger partial charge in [0.25, 0.3) is 0 Å². The Kier molecular flexibility index (Phi) is 11.9. The zero-order valence-corrected chi connectivity index (χ0v) is 37.4. The van der Waals surface area contributed by atoms with E-state index in [2.05, 4.69) is 84.5 Å². The number of carbonyl (C=O) groups excluding carboxylic acids is 2. The number of allylic oxidation sites excluding steroid dienone is 2.